The average molecular weight is 321 g/mol. The summed E-state index contributed by atoms with van der Waals surface area (Å²) in [6, 6.07) is 5.68. The van der Waals surface area contributed by atoms with Crippen molar-refractivity contribution in [3.63, 3.8) is 0 Å². The van der Waals surface area contributed by atoms with E-state index in [0.29, 0.717) is 18.8 Å². The van der Waals surface area contributed by atoms with Gasteiger partial charge in [0.2, 0.25) is 0 Å². The maximum Gasteiger partial charge on any atom is 0.337 e. The molecule has 2 aliphatic rings. The fraction of sp³-hybridized carbons (Fsp3) is 0.611. The molecule has 0 atom stereocenters. The molecule has 23 heavy (non-hydrogen) atoms. The smallest absolute Gasteiger partial charge is 0.337 e. The predicted molar refractivity (Wildman–Crippen MR) is 89.9 cm³/mol. The summed E-state index contributed by atoms with van der Waals surface area (Å²) in [5, 5.41) is 0. The third-order valence-corrected chi connectivity index (χ3v) is 4.31. The molecule has 0 amide bonds. The molecule has 1 aromatic rings. The third-order valence-electron chi connectivity index (χ3n) is 4.31. The van der Waals surface area contributed by atoms with Crippen LogP contribution in [0.1, 0.15) is 42.6 Å². The zero-order valence-electron chi connectivity index (χ0n) is 14.6. The first-order valence-corrected chi connectivity index (χ1v) is 8.35. The molecule has 3 rings (SSSR count). The monoisotopic (exact) mass is 321 g/mol. The maximum absolute atomic E-state index is 11.7. The molecule has 0 N–H and O–H groups in total. The predicted octanol–water partition coefficient (Wildman–Crippen LogP) is 3.15. The molecule has 2 fully saturated rings. The van der Waals surface area contributed by atoms with E-state index >= 15 is 0 Å². The van der Waals surface area contributed by atoms with Crippen molar-refractivity contribution in [3.05, 3.63) is 29.3 Å². The molecule has 2 saturated heterocycles. The van der Waals surface area contributed by atoms with Crippen LogP contribution in [0, 0.1) is 6.92 Å². The molecule has 0 saturated carbocycles. The highest BCUT2D eigenvalue weighted by Crippen LogP contribution is 2.34. The molecule has 2 heterocycles. The van der Waals surface area contributed by atoms with Crippen LogP contribution in [0.15, 0.2) is 18.2 Å². The third kappa shape index (κ3) is 3.85. The van der Waals surface area contributed by atoms with Gasteiger partial charge in [0, 0.05) is 31.6 Å². The molecule has 0 bridgehead atoms. The van der Waals surface area contributed by atoms with Crippen LogP contribution in [0.3, 0.4) is 0 Å². The number of piperidine rings is 1. The first kappa shape index (κ1) is 17.8. The summed E-state index contributed by atoms with van der Waals surface area (Å²) >= 11 is 0. The fourth-order valence-corrected chi connectivity index (χ4v) is 3.07. The molecule has 0 unspecified atom stereocenters. The van der Waals surface area contributed by atoms with Crippen LogP contribution in [0.5, 0.6) is 0 Å². The molecule has 0 aromatic heterocycles. The van der Waals surface area contributed by atoms with Gasteiger partial charge < -0.3 is 19.1 Å². The number of anilines is 1. The Hall–Kier alpha value is -1.59. The quantitative estimate of drug-likeness (QED) is 0.783. The molecule has 1 spiro atoms. The van der Waals surface area contributed by atoms with Gasteiger partial charge in [0.25, 0.3) is 0 Å². The number of rotatable bonds is 2. The van der Waals surface area contributed by atoms with Crippen LogP contribution in [0.4, 0.5) is 5.69 Å². The van der Waals surface area contributed by atoms with Gasteiger partial charge in [-0.25, -0.2) is 4.79 Å². The van der Waals surface area contributed by atoms with E-state index in [0.717, 1.165) is 37.2 Å². The van der Waals surface area contributed by atoms with Gasteiger partial charge in [0.1, 0.15) is 0 Å². The van der Waals surface area contributed by atoms with E-state index in [1.165, 1.54) is 7.11 Å². The minimum atomic E-state index is -0.371. The van der Waals surface area contributed by atoms with E-state index in [4.69, 9.17) is 14.2 Å². The second-order valence-corrected chi connectivity index (χ2v) is 5.59. The molecule has 5 nitrogen and oxygen atoms in total. The minimum absolute atomic E-state index is 0.299. The van der Waals surface area contributed by atoms with Gasteiger partial charge in [0.05, 0.1) is 25.9 Å². The van der Waals surface area contributed by atoms with Crippen LogP contribution >= 0.6 is 0 Å². The number of ether oxygens (including phenoxy) is 3. The van der Waals surface area contributed by atoms with Gasteiger partial charge in [-0.1, -0.05) is 19.9 Å². The van der Waals surface area contributed by atoms with Gasteiger partial charge in [-0.3, -0.25) is 0 Å². The van der Waals surface area contributed by atoms with Crippen LogP contribution in [0.25, 0.3) is 0 Å². The number of methoxy groups -OCH3 is 1. The summed E-state index contributed by atoms with van der Waals surface area (Å²) in [5.74, 6) is -0.670. The Morgan fingerprint density at radius 1 is 1.17 bits per heavy atom. The zero-order chi connectivity index (χ0) is 16.9. The molecule has 0 radical (unpaired) electrons. The highest BCUT2D eigenvalue weighted by atomic mass is 16.7. The molecule has 128 valence electrons. The summed E-state index contributed by atoms with van der Waals surface area (Å²) in [6.07, 6.45) is 1.71. The summed E-state index contributed by atoms with van der Waals surface area (Å²) in [7, 11) is 1.40. The van der Waals surface area contributed by atoms with Gasteiger partial charge >= 0.3 is 5.97 Å². The first-order valence-electron chi connectivity index (χ1n) is 8.35. The van der Waals surface area contributed by atoms with E-state index in [-0.39, 0.29) is 11.8 Å². The lowest BCUT2D eigenvalue weighted by Gasteiger charge is -2.39. The molecular formula is C18H27NO4. The Kier molecular flexibility index (Phi) is 6.02. The highest BCUT2D eigenvalue weighted by molar-refractivity contribution is 5.90. The lowest BCUT2D eigenvalue weighted by atomic mass is 10.0. The number of benzene rings is 1. The summed E-state index contributed by atoms with van der Waals surface area (Å²) < 4.78 is 16.3. The number of hydrogen-bond donors (Lipinski definition) is 0. The van der Waals surface area contributed by atoms with E-state index in [2.05, 4.69) is 11.8 Å². The van der Waals surface area contributed by atoms with Crippen molar-refractivity contribution in [3.8, 4) is 0 Å². The van der Waals surface area contributed by atoms with Crippen molar-refractivity contribution in [1.29, 1.82) is 0 Å². The Bertz CT molecular complexity index is 528. The van der Waals surface area contributed by atoms with E-state index in [9.17, 15) is 4.79 Å². The number of nitrogens with zero attached hydrogens (tertiary/aromatic N) is 1. The molecule has 2 aliphatic heterocycles. The fourth-order valence-electron chi connectivity index (χ4n) is 3.07. The Morgan fingerprint density at radius 3 is 2.35 bits per heavy atom. The molecule has 0 aliphatic carbocycles. The van der Waals surface area contributed by atoms with Crippen molar-refractivity contribution in [2.75, 3.05) is 38.3 Å². The van der Waals surface area contributed by atoms with Crippen LogP contribution in [0.2, 0.25) is 0 Å². The molecular weight excluding hydrogens is 294 g/mol. The largest absolute Gasteiger partial charge is 0.465 e. The van der Waals surface area contributed by atoms with E-state index < -0.39 is 0 Å². The Balaban J connectivity index is 0.000000924. The van der Waals surface area contributed by atoms with Crippen molar-refractivity contribution in [2.24, 2.45) is 0 Å². The number of esters is 1. The van der Waals surface area contributed by atoms with Crippen molar-refractivity contribution < 1.29 is 19.0 Å². The van der Waals surface area contributed by atoms with Gasteiger partial charge in [-0.15, -0.1) is 0 Å². The topological polar surface area (TPSA) is 48.0 Å². The number of hydrogen-bond acceptors (Lipinski definition) is 5. The number of carbonyl (C=O) groups excluding carboxylic acids is 1. The van der Waals surface area contributed by atoms with Crippen molar-refractivity contribution in [1.82, 2.24) is 0 Å². The zero-order valence-corrected chi connectivity index (χ0v) is 14.6. The molecule has 1 aromatic carbocycles. The lowest BCUT2D eigenvalue weighted by Crippen LogP contribution is -2.45. The van der Waals surface area contributed by atoms with Gasteiger partial charge in [-0.2, -0.15) is 0 Å². The van der Waals surface area contributed by atoms with Crippen LogP contribution < -0.4 is 4.90 Å². The van der Waals surface area contributed by atoms with E-state index in [1.54, 1.807) is 6.07 Å². The van der Waals surface area contributed by atoms with Gasteiger partial charge in [-0.05, 0) is 24.6 Å². The average Bonchev–Trinajstić information content (AvgIpc) is 3.05. The van der Waals surface area contributed by atoms with Crippen LogP contribution in [-0.2, 0) is 14.2 Å². The lowest BCUT2D eigenvalue weighted by molar-refractivity contribution is -0.169. The molecule has 5 heteroatoms. The van der Waals surface area contributed by atoms with Gasteiger partial charge in [0.15, 0.2) is 5.79 Å². The Morgan fingerprint density at radius 2 is 1.78 bits per heavy atom. The standard InChI is InChI=1S/C16H21NO4.C2H6/c1-12-3-4-13(15(18)19-2)11-14(12)17-7-5-16(6-8-17)20-9-10-21-16;1-2/h3-4,11H,5-10H2,1-2H3;1-2H3. The maximum atomic E-state index is 11.7. The second-order valence-electron chi connectivity index (χ2n) is 5.59. The SMILES string of the molecule is CC.COC(=O)c1ccc(C)c(N2CCC3(CC2)OCCO3)c1. The van der Waals surface area contributed by atoms with Crippen molar-refractivity contribution >= 4 is 11.7 Å². The summed E-state index contributed by atoms with van der Waals surface area (Å²) in [5.41, 5.74) is 2.84. The highest BCUT2D eigenvalue weighted by Gasteiger charge is 2.40. The number of carbonyl (C=O) groups is 1. The Labute approximate surface area is 138 Å². The van der Waals surface area contributed by atoms with Crippen molar-refractivity contribution in [2.45, 2.75) is 39.4 Å². The van der Waals surface area contributed by atoms with E-state index in [1.807, 2.05) is 26.0 Å². The summed E-state index contributed by atoms with van der Waals surface area (Å²) in [6.45, 7) is 9.17. The first-order chi connectivity index (χ1) is 11.1. The van der Waals surface area contributed by atoms with Crippen LogP contribution in [-0.4, -0.2) is 45.2 Å². The second kappa shape index (κ2) is 7.79. The summed E-state index contributed by atoms with van der Waals surface area (Å²) in [4.78, 5) is 14.0. The minimum Gasteiger partial charge on any atom is -0.465 e. The normalized spacial score (nSPS) is 19.2. The number of aryl methyl sites for hydroxylation is 1.